The highest BCUT2D eigenvalue weighted by molar-refractivity contribution is 7.22. The van der Waals surface area contributed by atoms with E-state index in [1.807, 2.05) is 12.1 Å². The normalized spacial score (nSPS) is 15.6. The topological polar surface area (TPSA) is 130 Å². The fraction of sp³-hybridized carbons (Fsp3) is 0.375. The van der Waals surface area contributed by atoms with E-state index in [0.29, 0.717) is 48.9 Å². The molecule has 4 N–H and O–H groups in total. The Hall–Kier alpha value is -3.41. The molecule has 186 valence electrons. The van der Waals surface area contributed by atoms with Crippen LogP contribution in [-0.2, 0) is 4.79 Å². The number of benzene rings is 2. The molecule has 10 nitrogen and oxygen atoms in total. The van der Waals surface area contributed by atoms with Gasteiger partial charge < -0.3 is 29.7 Å². The zero-order valence-electron chi connectivity index (χ0n) is 19.9. The molecular formula is C24H29N5O5S. The van der Waals surface area contributed by atoms with E-state index in [2.05, 4.69) is 10.2 Å². The number of anilines is 2. The molecule has 0 spiro atoms. The number of fused-ring (bicyclic) bond motifs is 1. The van der Waals surface area contributed by atoms with Crippen molar-refractivity contribution in [1.29, 1.82) is 0 Å². The number of hydrogen-bond donors (Lipinski definition) is 3. The third-order valence-corrected chi connectivity index (χ3v) is 7.11. The number of hydrogen-bond acceptors (Lipinski definition) is 9. The average Bonchev–Trinajstić information content (AvgIpc) is 3.31. The van der Waals surface area contributed by atoms with Gasteiger partial charge in [0.25, 0.3) is 11.8 Å². The van der Waals surface area contributed by atoms with Gasteiger partial charge >= 0.3 is 0 Å². The van der Waals surface area contributed by atoms with Crippen molar-refractivity contribution >= 4 is 44.2 Å². The molecule has 4 rings (SSSR count). The standard InChI is InChI=1S/C24H29N5O5S/c1-4-24(25,32)22(31)28-9-11-29(12-10-28)23-27-17-7-5-15(13-20(17)35-23)21(30)26-16-6-8-18(33-2)19(14-16)34-3/h5-8,13-14,32H,4,9-12,25H2,1-3H3,(H,26,30)/t24-/m0/s1. The van der Waals surface area contributed by atoms with E-state index >= 15 is 0 Å². The summed E-state index contributed by atoms with van der Waals surface area (Å²) in [4.78, 5) is 33.6. The molecular weight excluding hydrogens is 470 g/mol. The first-order valence-electron chi connectivity index (χ1n) is 11.2. The van der Waals surface area contributed by atoms with E-state index in [-0.39, 0.29) is 12.3 Å². The number of carbonyl (C=O) groups is 2. The Balaban J connectivity index is 1.44. The molecule has 11 heteroatoms. The molecule has 0 unspecified atom stereocenters. The van der Waals surface area contributed by atoms with E-state index < -0.39 is 11.6 Å². The Bertz CT molecular complexity index is 1240. The number of rotatable bonds is 7. The Labute approximate surface area is 207 Å². The highest BCUT2D eigenvalue weighted by Gasteiger charge is 2.35. The molecule has 1 aromatic heterocycles. The molecule has 1 atom stereocenters. The number of carbonyl (C=O) groups excluding carboxylic acids is 2. The Kier molecular flexibility index (Phi) is 7.10. The van der Waals surface area contributed by atoms with Gasteiger partial charge in [0.1, 0.15) is 0 Å². The van der Waals surface area contributed by atoms with Crippen LogP contribution in [0.25, 0.3) is 10.2 Å². The zero-order valence-corrected chi connectivity index (χ0v) is 20.7. The van der Waals surface area contributed by atoms with Crippen LogP contribution in [0.1, 0.15) is 23.7 Å². The van der Waals surface area contributed by atoms with Crippen LogP contribution >= 0.6 is 11.3 Å². The van der Waals surface area contributed by atoms with Crippen molar-refractivity contribution in [2.45, 2.75) is 19.1 Å². The fourth-order valence-electron chi connectivity index (χ4n) is 3.83. The minimum atomic E-state index is -1.83. The summed E-state index contributed by atoms with van der Waals surface area (Å²) in [5.41, 5.74) is 5.78. The Morgan fingerprint density at radius 1 is 1.11 bits per heavy atom. The summed E-state index contributed by atoms with van der Waals surface area (Å²) in [7, 11) is 3.10. The van der Waals surface area contributed by atoms with Crippen LogP contribution in [-0.4, -0.2) is 72.9 Å². The lowest BCUT2D eigenvalue weighted by Crippen LogP contribution is -2.59. The van der Waals surface area contributed by atoms with Crippen molar-refractivity contribution in [3.63, 3.8) is 0 Å². The highest BCUT2D eigenvalue weighted by Crippen LogP contribution is 2.32. The SMILES string of the molecule is CC[C@](N)(O)C(=O)N1CCN(c2nc3ccc(C(=O)Nc4ccc(OC)c(OC)c4)cc3s2)CC1. The number of thiazole rings is 1. The summed E-state index contributed by atoms with van der Waals surface area (Å²) in [6.45, 7) is 3.74. The van der Waals surface area contributed by atoms with Crippen molar-refractivity contribution in [3.05, 3.63) is 42.0 Å². The van der Waals surface area contributed by atoms with Gasteiger partial charge in [-0.05, 0) is 36.8 Å². The summed E-state index contributed by atoms with van der Waals surface area (Å²) in [5, 5.41) is 13.8. The van der Waals surface area contributed by atoms with E-state index in [1.165, 1.54) is 11.3 Å². The van der Waals surface area contributed by atoms with Gasteiger partial charge in [-0.3, -0.25) is 15.3 Å². The molecule has 0 bridgehead atoms. The maximum absolute atomic E-state index is 12.8. The number of methoxy groups -OCH3 is 2. The fourth-order valence-corrected chi connectivity index (χ4v) is 4.89. The quantitative estimate of drug-likeness (QED) is 0.422. The summed E-state index contributed by atoms with van der Waals surface area (Å²) >= 11 is 1.49. The molecule has 1 saturated heterocycles. The average molecular weight is 500 g/mol. The molecule has 1 aliphatic heterocycles. The number of amides is 2. The van der Waals surface area contributed by atoms with Crippen molar-refractivity contribution in [3.8, 4) is 11.5 Å². The van der Waals surface area contributed by atoms with Gasteiger partial charge in [0.05, 0.1) is 24.4 Å². The van der Waals surface area contributed by atoms with Crippen LogP contribution in [0.3, 0.4) is 0 Å². The zero-order chi connectivity index (χ0) is 25.2. The van der Waals surface area contributed by atoms with Crippen LogP contribution < -0.4 is 25.4 Å². The molecule has 1 fully saturated rings. The predicted octanol–water partition coefficient (Wildman–Crippen LogP) is 2.27. The second kappa shape index (κ2) is 10.1. The molecule has 0 saturated carbocycles. The van der Waals surface area contributed by atoms with E-state index in [9.17, 15) is 14.7 Å². The predicted molar refractivity (Wildman–Crippen MR) is 135 cm³/mol. The number of aliphatic hydroxyl groups is 1. The van der Waals surface area contributed by atoms with Crippen LogP contribution in [0.15, 0.2) is 36.4 Å². The summed E-state index contributed by atoms with van der Waals surface area (Å²) < 4.78 is 11.4. The first-order chi connectivity index (χ1) is 16.7. The molecule has 2 amide bonds. The molecule has 2 aromatic carbocycles. The van der Waals surface area contributed by atoms with E-state index in [1.54, 1.807) is 50.3 Å². The third kappa shape index (κ3) is 5.16. The van der Waals surface area contributed by atoms with Gasteiger partial charge in [-0.15, -0.1) is 0 Å². The smallest absolute Gasteiger partial charge is 0.269 e. The van der Waals surface area contributed by atoms with Gasteiger partial charge in [-0.2, -0.15) is 0 Å². The van der Waals surface area contributed by atoms with Crippen molar-refractivity contribution in [2.24, 2.45) is 5.73 Å². The molecule has 2 heterocycles. The first kappa shape index (κ1) is 24.7. The van der Waals surface area contributed by atoms with Crippen LogP contribution in [0.5, 0.6) is 11.5 Å². The van der Waals surface area contributed by atoms with Crippen molar-refractivity contribution in [1.82, 2.24) is 9.88 Å². The second-order valence-electron chi connectivity index (χ2n) is 8.26. The molecule has 0 radical (unpaired) electrons. The number of nitrogens with two attached hydrogens (primary N) is 1. The van der Waals surface area contributed by atoms with Gasteiger partial charge in [0.2, 0.25) is 0 Å². The Morgan fingerprint density at radius 3 is 2.49 bits per heavy atom. The number of aromatic nitrogens is 1. The minimum Gasteiger partial charge on any atom is -0.493 e. The van der Waals surface area contributed by atoms with E-state index in [4.69, 9.17) is 20.2 Å². The third-order valence-electron chi connectivity index (χ3n) is 6.03. The summed E-state index contributed by atoms with van der Waals surface area (Å²) in [6, 6.07) is 10.6. The van der Waals surface area contributed by atoms with Crippen molar-refractivity contribution in [2.75, 3.05) is 50.6 Å². The second-order valence-corrected chi connectivity index (χ2v) is 9.27. The maximum Gasteiger partial charge on any atom is 0.269 e. The molecule has 0 aliphatic carbocycles. The Morgan fingerprint density at radius 2 is 1.83 bits per heavy atom. The lowest BCUT2D eigenvalue weighted by atomic mass is 10.1. The molecule has 1 aliphatic rings. The number of nitrogens with one attached hydrogen (secondary N) is 1. The highest BCUT2D eigenvalue weighted by atomic mass is 32.1. The van der Waals surface area contributed by atoms with Crippen LogP contribution in [0, 0.1) is 0 Å². The van der Waals surface area contributed by atoms with E-state index in [0.717, 1.165) is 15.3 Å². The van der Waals surface area contributed by atoms with Gasteiger partial charge in [0, 0.05) is 43.5 Å². The van der Waals surface area contributed by atoms with Gasteiger partial charge in [0.15, 0.2) is 22.4 Å². The lowest BCUT2D eigenvalue weighted by molar-refractivity contribution is -0.151. The lowest BCUT2D eigenvalue weighted by Gasteiger charge is -2.37. The van der Waals surface area contributed by atoms with Crippen LogP contribution in [0.4, 0.5) is 10.8 Å². The summed E-state index contributed by atoms with van der Waals surface area (Å²) in [6.07, 6.45) is 0.159. The molecule has 3 aromatic rings. The monoisotopic (exact) mass is 499 g/mol. The number of nitrogens with zero attached hydrogens (tertiary/aromatic N) is 3. The minimum absolute atomic E-state index is 0.159. The maximum atomic E-state index is 12.8. The number of ether oxygens (including phenoxy) is 2. The molecule has 35 heavy (non-hydrogen) atoms. The van der Waals surface area contributed by atoms with Gasteiger partial charge in [-0.1, -0.05) is 18.3 Å². The number of piperazine rings is 1. The van der Waals surface area contributed by atoms with Crippen LogP contribution in [0.2, 0.25) is 0 Å². The summed E-state index contributed by atoms with van der Waals surface area (Å²) in [5.74, 6) is 0.416. The van der Waals surface area contributed by atoms with Crippen molar-refractivity contribution < 1.29 is 24.2 Å². The first-order valence-corrected chi connectivity index (χ1v) is 12.1. The van der Waals surface area contributed by atoms with Gasteiger partial charge in [-0.25, -0.2) is 4.98 Å². The largest absolute Gasteiger partial charge is 0.493 e.